The summed E-state index contributed by atoms with van der Waals surface area (Å²) in [6.07, 6.45) is 1.56. The predicted octanol–water partition coefficient (Wildman–Crippen LogP) is 2.65. The van der Waals surface area contributed by atoms with E-state index in [0.29, 0.717) is 26.5 Å². The van der Waals surface area contributed by atoms with Crippen molar-refractivity contribution in [2.45, 2.75) is 6.54 Å². The zero-order valence-electron chi connectivity index (χ0n) is 14.4. The number of amides is 2. The number of hydrogen-bond donors (Lipinski definition) is 2. The van der Waals surface area contributed by atoms with Crippen LogP contribution in [0.4, 0.5) is 0 Å². The molecule has 0 atom stereocenters. The lowest BCUT2D eigenvalue weighted by Crippen LogP contribution is -2.43. The summed E-state index contributed by atoms with van der Waals surface area (Å²) in [5, 5.41) is 0.689. The number of nitrogens with one attached hydrogen (secondary N) is 2. The Labute approximate surface area is 163 Å². The van der Waals surface area contributed by atoms with Crippen LogP contribution in [-0.4, -0.2) is 29.5 Å². The van der Waals surface area contributed by atoms with Gasteiger partial charge in [-0.15, -0.1) is 0 Å². The Morgan fingerprint density at radius 1 is 1.00 bits per heavy atom. The van der Waals surface area contributed by atoms with E-state index in [1.165, 1.54) is 7.11 Å². The van der Waals surface area contributed by atoms with Crippen molar-refractivity contribution in [1.82, 2.24) is 15.4 Å². The molecule has 0 aliphatic heterocycles. The van der Waals surface area contributed by atoms with Crippen molar-refractivity contribution < 1.29 is 19.1 Å². The number of esters is 1. The van der Waals surface area contributed by atoms with Crippen LogP contribution in [0.1, 0.15) is 20.7 Å². The Morgan fingerprint density at radius 2 is 1.70 bits per heavy atom. The summed E-state index contributed by atoms with van der Waals surface area (Å²) in [6.45, 7) is -0.0756. The highest BCUT2D eigenvalue weighted by Crippen LogP contribution is 2.22. The summed E-state index contributed by atoms with van der Waals surface area (Å²) in [5.74, 6) is -1.36. The van der Waals surface area contributed by atoms with Crippen molar-refractivity contribution >= 4 is 44.6 Å². The summed E-state index contributed by atoms with van der Waals surface area (Å²) in [6, 6.07) is 14.1. The fraction of sp³-hybridized carbons (Fsp3) is 0.105. The summed E-state index contributed by atoms with van der Waals surface area (Å²) in [7, 11) is 1.30. The molecule has 0 aliphatic rings. The predicted molar refractivity (Wildman–Crippen MR) is 103 cm³/mol. The van der Waals surface area contributed by atoms with E-state index < -0.39 is 17.8 Å². The molecular weight excluding hydrogens is 414 g/mol. The van der Waals surface area contributed by atoms with Gasteiger partial charge in [-0.3, -0.25) is 20.4 Å². The average molecular weight is 430 g/mol. The second-order valence-electron chi connectivity index (χ2n) is 5.66. The van der Waals surface area contributed by atoms with E-state index in [0.717, 1.165) is 0 Å². The molecule has 1 aromatic heterocycles. The quantitative estimate of drug-likeness (QED) is 0.492. The summed E-state index contributed by atoms with van der Waals surface area (Å²) in [4.78, 5) is 36.3. The number of methoxy groups -OCH3 is 1. The second-order valence-corrected chi connectivity index (χ2v) is 6.52. The van der Waals surface area contributed by atoms with Crippen LogP contribution < -0.4 is 10.9 Å². The van der Waals surface area contributed by atoms with Crippen LogP contribution in [0.2, 0.25) is 0 Å². The van der Waals surface area contributed by atoms with Gasteiger partial charge in [0.15, 0.2) is 0 Å². The third-order valence-electron chi connectivity index (χ3n) is 3.94. The van der Waals surface area contributed by atoms with Crippen LogP contribution >= 0.6 is 15.9 Å². The molecule has 8 heteroatoms. The van der Waals surface area contributed by atoms with Gasteiger partial charge in [0.1, 0.15) is 6.54 Å². The number of fused-ring (bicyclic) bond motifs is 1. The number of hydrogen-bond acceptors (Lipinski definition) is 4. The molecule has 3 rings (SSSR count). The first-order valence-corrected chi connectivity index (χ1v) is 8.80. The van der Waals surface area contributed by atoms with E-state index in [-0.39, 0.29) is 6.54 Å². The third kappa shape index (κ3) is 4.01. The molecule has 0 radical (unpaired) electrons. The fourth-order valence-electron chi connectivity index (χ4n) is 2.68. The fourth-order valence-corrected chi connectivity index (χ4v) is 3.15. The van der Waals surface area contributed by atoms with Gasteiger partial charge in [0.05, 0.1) is 18.2 Å². The van der Waals surface area contributed by atoms with Gasteiger partial charge in [0, 0.05) is 21.6 Å². The number of carbonyl (C=O) groups is 3. The molecular formula is C19H16BrN3O4. The first kappa shape index (κ1) is 18.7. The lowest BCUT2D eigenvalue weighted by atomic mass is 10.2. The molecule has 3 aromatic rings. The van der Waals surface area contributed by atoms with E-state index >= 15 is 0 Å². The number of para-hydroxylation sites is 1. The van der Waals surface area contributed by atoms with E-state index in [2.05, 4.69) is 26.8 Å². The highest BCUT2D eigenvalue weighted by atomic mass is 79.9. The topological polar surface area (TPSA) is 89.4 Å². The number of rotatable bonds is 4. The molecule has 2 amide bonds. The van der Waals surface area contributed by atoms with Crippen molar-refractivity contribution in [2.75, 3.05) is 7.11 Å². The molecule has 0 saturated heterocycles. The molecule has 2 aromatic carbocycles. The number of nitrogens with zero attached hydrogens (tertiary/aromatic N) is 1. The molecule has 1 heterocycles. The van der Waals surface area contributed by atoms with Gasteiger partial charge >= 0.3 is 5.97 Å². The van der Waals surface area contributed by atoms with E-state index in [9.17, 15) is 14.4 Å². The minimum atomic E-state index is -0.479. The smallest absolute Gasteiger partial charge is 0.340 e. The van der Waals surface area contributed by atoms with E-state index in [4.69, 9.17) is 4.74 Å². The molecule has 7 nitrogen and oxygen atoms in total. The van der Waals surface area contributed by atoms with Gasteiger partial charge in [-0.1, -0.05) is 30.3 Å². The maximum atomic E-state index is 12.3. The first-order chi connectivity index (χ1) is 13.0. The van der Waals surface area contributed by atoms with Crippen molar-refractivity contribution in [3.63, 3.8) is 0 Å². The molecule has 0 spiro atoms. The number of aromatic nitrogens is 1. The van der Waals surface area contributed by atoms with Crippen LogP contribution in [0.25, 0.3) is 10.9 Å². The van der Waals surface area contributed by atoms with Crippen LogP contribution in [-0.2, 0) is 16.1 Å². The maximum absolute atomic E-state index is 12.3. The second kappa shape index (κ2) is 8.05. The van der Waals surface area contributed by atoms with Gasteiger partial charge in [-0.05, 0) is 34.1 Å². The minimum Gasteiger partial charge on any atom is -0.465 e. The Hall–Kier alpha value is -3.13. The summed E-state index contributed by atoms with van der Waals surface area (Å²) < 4.78 is 7.04. The largest absolute Gasteiger partial charge is 0.465 e. The number of halogens is 1. The number of carbonyl (C=O) groups excluding carboxylic acids is 3. The Bertz CT molecular complexity index is 1030. The molecule has 27 heavy (non-hydrogen) atoms. The summed E-state index contributed by atoms with van der Waals surface area (Å²) in [5.41, 5.74) is 6.24. The molecule has 0 aliphatic carbocycles. The molecule has 0 saturated carbocycles. The minimum absolute atomic E-state index is 0.0756. The SMILES string of the molecule is COC(=O)c1cn(CC(=O)NNC(=O)c2ccccc2Br)c2ccccc12. The van der Waals surface area contributed by atoms with Crippen LogP contribution in [0.15, 0.2) is 59.2 Å². The van der Waals surface area contributed by atoms with Crippen molar-refractivity contribution in [3.8, 4) is 0 Å². The van der Waals surface area contributed by atoms with Gasteiger partial charge in [0.25, 0.3) is 11.8 Å². The van der Waals surface area contributed by atoms with Crippen LogP contribution in [0.3, 0.4) is 0 Å². The number of benzene rings is 2. The van der Waals surface area contributed by atoms with Gasteiger partial charge in [0.2, 0.25) is 0 Å². The Kier molecular flexibility index (Phi) is 5.56. The molecule has 138 valence electrons. The Balaban J connectivity index is 1.72. The standard InChI is InChI=1S/C19H16BrN3O4/c1-27-19(26)14-10-23(16-9-5-3-6-12(14)16)11-17(24)21-22-18(25)13-7-2-4-8-15(13)20/h2-10H,11H2,1H3,(H,21,24)(H,22,25). The zero-order valence-corrected chi connectivity index (χ0v) is 15.9. The molecule has 0 unspecified atom stereocenters. The zero-order chi connectivity index (χ0) is 19.4. The van der Waals surface area contributed by atoms with Crippen molar-refractivity contribution in [1.29, 1.82) is 0 Å². The van der Waals surface area contributed by atoms with Crippen LogP contribution in [0.5, 0.6) is 0 Å². The molecule has 0 bridgehead atoms. The lowest BCUT2D eigenvalue weighted by molar-refractivity contribution is -0.122. The normalized spacial score (nSPS) is 10.4. The third-order valence-corrected chi connectivity index (χ3v) is 4.63. The highest BCUT2D eigenvalue weighted by Gasteiger charge is 2.17. The monoisotopic (exact) mass is 429 g/mol. The first-order valence-electron chi connectivity index (χ1n) is 8.01. The van der Waals surface area contributed by atoms with Gasteiger partial charge in [-0.2, -0.15) is 0 Å². The van der Waals surface area contributed by atoms with Crippen molar-refractivity contribution in [2.24, 2.45) is 0 Å². The van der Waals surface area contributed by atoms with Crippen molar-refractivity contribution in [3.05, 3.63) is 70.3 Å². The summed E-state index contributed by atoms with van der Waals surface area (Å²) >= 11 is 3.29. The molecule has 0 fully saturated rings. The van der Waals surface area contributed by atoms with E-state index in [1.807, 2.05) is 6.07 Å². The highest BCUT2D eigenvalue weighted by molar-refractivity contribution is 9.10. The van der Waals surface area contributed by atoms with E-state index in [1.54, 1.807) is 53.2 Å². The molecule has 2 N–H and O–H groups in total. The Morgan fingerprint density at radius 3 is 2.44 bits per heavy atom. The average Bonchev–Trinajstić information content (AvgIpc) is 3.04. The van der Waals surface area contributed by atoms with Gasteiger partial charge in [-0.25, -0.2) is 4.79 Å². The number of ether oxygens (including phenoxy) is 1. The lowest BCUT2D eigenvalue weighted by Gasteiger charge is -2.09. The maximum Gasteiger partial charge on any atom is 0.340 e. The van der Waals surface area contributed by atoms with Crippen LogP contribution in [0, 0.1) is 0 Å². The van der Waals surface area contributed by atoms with Gasteiger partial charge < -0.3 is 9.30 Å². The number of hydrazine groups is 1.